The van der Waals surface area contributed by atoms with Crippen LogP contribution in [0.25, 0.3) is 0 Å². The Bertz CT molecular complexity index is 639. The van der Waals surface area contributed by atoms with Crippen LogP contribution < -0.4 is 5.32 Å². The lowest BCUT2D eigenvalue weighted by molar-refractivity contribution is -0.134. The van der Waals surface area contributed by atoms with Gasteiger partial charge in [-0.1, -0.05) is 30.3 Å². The van der Waals surface area contributed by atoms with E-state index in [-0.39, 0.29) is 18.1 Å². The summed E-state index contributed by atoms with van der Waals surface area (Å²) in [5.74, 6) is 0.306. The van der Waals surface area contributed by atoms with Gasteiger partial charge in [-0.05, 0) is 25.3 Å². The van der Waals surface area contributed by atoms with Crippen LogP contribution in [-0.2, 0) is 20.7 Å². The van der Waals surface area contributed by atoms with Gasteiger partial charge in [0.2, 0.25) is 11.8 Å². The number of ether oxygens (including phenoxy) is 2. The lowest BCUT2D eigenvalue weighted by Crippen LogP contribution is -2.39. The second-order valence-electron chi connectivity index (χ2n) is 6.23. The summed E-state index contributed by atoms with van der Waals surface area (Å²) >= 11 is 0. The number of oxazole rings is 1. The van der Waals surface area contributed by atoms with Gasteiger partial charge in [-0.25, -0.2) is 4.98 Å². The third-order valence-corrected chi connectivity index (χ3v) is 4.27. The van der Waals surface area contributed by atoms with Gasteiger partial charge < -0.3 is 19.2 Å². The summed E-state index contributed by atoms with van der Waals surface area (Å²) < 4.78 is 16.6. The molecule has 6 heteroatoms. The van der Waals surface area contributed by atoms with Crippen molar-refractivity contribution < 1.29 is 18.7 Å². The van der Waals surface area contributed by atoms with E-state index in [1.807, 2.05) is 30.3 Å². The molecule has 6 nitrogen and oxygen atoms in total. The number of carbonyl (C=O) groups excluding carboxylic acids is 1. The molecule has 3 atom stereocenters. The monoisotopic (exact) mass is 344 g/mol. The predicted octanol–water partition coefficient (Wildman–Crippen LogP) is 2.66. The molecule has 0 radical (unpaired) electrons. The molecule has 2 aromatic rings. The molecular formula is C19H24N2O4. The van der Waals surface area contributed by atoms with E-state index in [2.05, 4.69) is 10.3 Å². The number of nitrogens with zero attached hydrogens (tertiary/aromatic N) is 1. The second kappa shape index (κ2) is 8.78. The molecule has 0 aliphatic carbocycles. The third-order valence-electron chi connectivity index (χ3n) is 4.27. The summed E-state index contributed by atoms with van der Waals surface area (Å²) in [4.78, 5) is 16.7. The fraction of sp³-hybridized carbons (Fsp3) is 0.474. The Morgan fingerprint density at radius 3 is 2.92 bits per heavy atom. The normalized spacial score (nSPS) is 19.5. The van der Waals surface area contributed by atoms with E-state index in [9.17, 15) is 4.79 Å². The third kappa shape index (κ3) is 5.14. The van der Waals surface area contributed by atoms with Gasteiger partial charge in [0, 0.05) is 13.0 Å². The molecule has 0 bridgehead atoms. The van der Waals surface area contributed by atoms with Crippen LogP contribution in [0.15, 0.2) is 47.2 Å². The molecule has 1 aromatic heterocycles. The quantitative estimate of drug-likeness (QED) is 0.797. The highest BCUT2D eigenvalue weighted by molar-refractivity contribution is 5.80. The fourth-order valence-corrected chi connectivity index (χ4v) is 2.85. The van der Waals surface area contributed by atoms with Crippen LogP contribution in [0.5, 0.6) is 0 Å². The topological polar surface area (TPSA) is 73.6 Å². The molecule has 1 saturated heterocycles. The number of rotatable bonds is 8. The van der Waals surface area contributed by atoms with Crippen molar-refractivity contribution in [1.29, 1.82) is 0 Å². The summed E-state index contributed by atoms with van der Waals surface area (Å²) in [5.41, 5.74) is 1.10. The van der Waals surface area contributed by atoms with Crippen LogP contribution >= 0.6 is 0 Å². The lowest BCUT2D eigenvalue weighted by Gasteiger charge is -2.20. The summed E-state index contributed by atoms with van der Waals surface area (Å²) in [7, 11) is 0. The fourth-order valence-electron chi connectivity index (χ4n) is 2.85. The molecule has 1 amide bonds. The zero-order valence-corrected chi connectivity index (χ0v) is 14.4. The van der Waals surface area contributed by atoms with Gasteiger partial charge in [0.1, 0.15) is 18.4 Å². The molecule has 25 heavy (non-hydrogen) atoms. The predicted molar refractivity (Wildman–Crippen MR) is 91.9 cm³/mol. The van der Waals surface area contributed by atoms with Gasteiger partial charge in [-0.2, -0.15) is 0 Å². The average Bonchev–Trinajstić information content (AvgIpc) is 3.33. The van der Waals surface area contributed by atoms with E-state index in [4.69, 9.17) is 13.9 Å². The van der Waals surface area contributed by atoms with Crippen molar-refractivity contribution in [2.75, 3.05) is 13.2 Å². The molecule has 2 heterocycles. The standard InChI is InChI=1S/C19H24N2O4/c1-14(25-13-16-8-5-10-23-16)18(22)21-17(19-20-9-11-24-19)12-15-6-3-2-4-7-15/h2-4,6-7,9,11,14,16-17H,5,8,10,12-13H2,1H3,(H,21,22). The highest BCUT2D eigenvalue weighted by Gasteiger charge is 2.24. The molecule has 134 valence electrons. The van der Waals surface area contributed by atoms with E-state index in [0.29, 0.717) is 18.9 Å². The zero-order chi connectivity index (χ0) is 17.5. The summed E-state index contributed by atoms with van der Waals surface area (Å²) in [6, 6.07) is 9.59. The maximum absolute atomic E-state index is 12.5. The van der Waals surface area contributed by atoms with Crippen molar-refractivity contribution in [1.82, 2.24) is 10.3 Å². The van der Waals surface area contributed by atoms with Crippen LogP contribution in [0.4, 0.5) is 0 Å². The number of nitrogens with one attached hydrogen (secondary N) is 1. The van der Waals surface area contributed by atoms with Crippen LogP contribution in [0.1, 0.15) is 37.3 Å². The number of benzene rings is 1. The van der Waals surface area contributed by atoms with Gasteiger partial charge in [-0.3, -0.25) is 4.79 Å². The molecule has 0 spiro atoms. The lowest BCUT2D eigenvalue weighted by atomic mass is 10.1. The molecule has 1 aromatic carbocycles. The van der Waals surface area contributed by atoms with Gasteiger partial charge in [-0.15, -0.1) is 0 Å². The number of hydrogen-bond acceptors (Lipinski definition) is 5. The van der Waals surface area contributed by atoms with Crippen molar-refractivity contribution >= 4 is 5.91 Å². The first-order chi connectivity index (χ1) is 12.2. The SMILES string of the molecule is CC(OCC1CCCO1)C(=O)NC(Cc1ccccc1)c1ncco1. The number of aromatic nitrogens is 1. The Hall–Kier alpha value is -2.18. The van der Waals surface area contributed by atoms with Gasteiger partial charge in [0.15, 0.2) is 0 Å². The Morgan fingerprint density at radius 2 is 2.24 bits per heavy atom. The van der Waals surface area contributed by atoms with E-state index >= 15 is 0 Å². The molecule has 1 aliphatic heterocycles. The van der Waals surface area contributed by atoms with Crippen LogP contribution in [0, 0.1) is 0 Å². The minimum Gasteiger partial charge on any atom is -0.447 e. The Morgan fingerprint density at radius 1 is 1.40 bits per heavy atom. The highest BCUT2D eigenvalue weighted by atomic mass is 16.5. The smallest absolute Gasteiger partial charge is 0.249 e. The first-order valence-electron chi connectivity index (χ1n) is 8.69. The maximum atomic E-state index is 12.5. The van der Waals surface area contributed by atoms with Gasteiger partial charge >= 0.3 is 0 Å². The van der Waals surface area contributed by atoms with Crippen LogP contribution in [0.2, 0.25) is 0 Å². The molecule has 3 unspecified atom stereocenters. The highest BCUT2D eigenvalue weighted by Crippen LogP contribution is 2.18. The van der Waals surface area contributed by atoms with Crippen molar-refractivity contribution in [3.8, 4) is 0 Å². The van der Waals surface area contributed by atoms with E-state index in [0.717, 1.165) is 25.0 Å². The number of carbonyl (C=O) groups is 1. The second-order valence-corrected chi connectivity index (χ2v) is 6.23. The Kier molecular flexibility index (Phi) is 6.19. The molecule has 0 saturated carbocycles. The molecule has 1 fully saturated rings. The Balaban J connectivity index is 1.58. The van der Waals surface area contributed by atoms with E-state index in [1.165, 1.54) is 6.26 Å². The molecule has 1 aliphatic rings. The minimum atomic E-state index is -0.558. The Labute approximate surface area is 147 Å². The minimum absolute atomic E-state index is 0.0992. The first-order valence-corrected chi connectivity index (χ1v) is 8.69. The van der Waals surface area contributed by atoms with Crippen LogP contribution in [0.3, 0.4) is 0 Å². The van der Waals surface area contributed by atoms with Crippen molar-refractivity contribution in [3.63, 3.8) is 0 Å². The number of hydrogen-bond donors (Lipinski definition) is 1. The van der Waals surface area contributed by atoms with E-state index < -0.39 is 6.10 Å². The number of amides is 1. The largest absolute Gasteiger partial charge is 0.447 e. The molecule has 1 N–H and O–H groups in total. The van der Waals surface area contributed by atoms with Gasteiger partial charge in [0.25, 0.3) is 0 Å². The van der Waals surface area contributed by atoms with Gasteiger partial charge in [0.05, 0.1) is 18.9 Å². The maximum Gasteiger partial charge on any atom is 0.249 e. The van der Waals surface area contributed by atoms with Crippen molar-refractivity contribution in [2.45, 2.75) is 44.4 Å². The molecule has 3 rings (SSSR count). The summed E-state index contributed by atoms with van der Waals surface area (Å²) in [6.07, 6.45) is 5.28. The van der Waals surface area contributed by atoms with Crippen molar-refractivity contribution in [3.05, 3.63) is 54.2 Å². The molecular weight excluding hydrogens is 320 g/mol. The summed E-state index contributed by atoms with van der Waals surface area (Å²) in [6.45, 7) is 2.97. The van der Waals surface area contributed by atoms with E-state index in [1.54, 1.807) is 13.1 Å². The zero-order valence-electron chi connectivity index (χ0n) is 14.4. The summed E-state index contributed by atoms with van der Waals surface area (Å²) in [5, 5.41) is 2.98. The first kappa shape index (κ1) is 17.6. The van der Waals surface area contributed by atoms with Crippen LogP contribution in [-0.4, -0.2) is 36.3 Å². The average molecular weight is 344 g/mol. The van der Waals surface area contributed by atoms with Crippen molar-refractivity contribution in [2.24, 2.45) is 0 Å².